The van der Waals surface area contributed by atoms with E-state index in [0.717, 1.165) is 11.3 Å². The van der Waals surface area contributed by atoms with Crippen molar-refractivity contribution in [1.82, 2.24) is 4.98 Å². The molecule has 0 saturated heterocycles. The highest BCUT2D eigenvalue weighted by Crippen LogP contribution is 2.23. The lowest BCUT2D eigenvalue weighted by atomic mass is 9.98. The van der Waals surface area contributed by atoms with Crippen molar-refractivity contribution in [2.45, 2.75) is 46.5 Å². The van der Waals surface area contributed by atoms with E-state index in [1.54, 1.807) is 0 Å². The lowest BCUT2D eigenvalue weighted by molar-refractivity contribution is 0.796. The van der Waals surface area contributed by atoms with Gasteiger partial charge >= 0.3 is 0 Å². The Kier molecular flexibility index (Phi) is 3.67. The second-order valence-electron chi connectivity index (χ2n) is 4.80. The van der Waals surface area contributed by atoms with Crippen LogP contribution in [0.2, 0.25) is 0 Å². The highest BCUT2D eigenvalue weighted by Gasteiger charge is 2.08. The van der Waals surface area contributed by atoms with Crippen LogP contribution in [0.4, 0.5) is 0 Å². The van der Waals surface area contributed by atoms with E-state index in [1.165, 1.54) is 11.3 Å². The van der Waals surface area contributed by atoms with Crippen LogP contribution in [-0.2, 0) is 0 Å². The summed E-state index contributed by atoms with van der Waals surface area (Å²) in [6, 6.07) is 4.36. The fourth-order valence-corrected chi connectivity index (χ4v) is 1.42. The molecule has 15 heavy (non-hydrogen) atoms. The molecule has 0 fully saturated rings. The first kappa shape index (κ1) is 12.0. The molecular formula is C14H21N. The summed E-state index contributed by atoms with van der Waals surface area (Å²) in [6.45, 7) is 14.7. The second-order valence-corrected chi connectivity index (χ2v) is 4.80. The number of hydrogen-bond donors (Lipinski definition) is 0. The van der Waals surface area contributed by atoms with E-state index >= 15 is 0 Å². The molecule has 0 aliphatic rings. The first-order valence-corrected chi connectivity index (χ1v) is 5.59. The van der Waals surface area contributed by atoms with Crippen molar-refractivity contribution < 1.29 is 0 Å². The third-order valence-corrected chi connectivity index (χ3v) is 2.56. The lowest BCUT2D eigenvalue weighted by Crippen LogP contribution is -2.00. The fourth-order valence-electron chi connectivity index (χ4n) is 1.42. The van der Waals surface area contributed by atoms with Gasteiger partial charge in [-0.15, -0.1) is 0 Å². The minimum absolute atomic E-state index is 0.474. The van der Waals surface area contributed by atoms with Gasteiger partial charge in [0.2, 0.25) is 0 Å². The van der Waals surface area contributed by atoms with Crippen molar-refractivity contribution in [1.29, 1.82) is 0 Å². The highest BCUT2D eigenvalue weighted by atomic mass is 14.7. The number of nitrogens with zero attached hydrogens (tertiary/aromatic N) is 1. The Morgan fingerprint density at radius 3 is 2.13 bits per heavy atom. The predicted octanol–water partition coefficient (Wildman–Crippen LogP) is 4.36. The molecule has 0 bridgehead atoms. The zero-order valence-electron chi connectivity index (χ0n) is 10.5. The predicted molar refractivity (Wildman–Crippen MR) is 67.1 cm³/mol. The molecule has 1 heterocycles. The molecule has 1 rings (SSSR count). The first-order chi connectivity index (χ1) is 6.91. The van der Waals surface area contributed by atoms with E-state index in [-0.39, 0.29) is 0 Å². The molecule has 0 amide bonds. The van der Waals surface area contributed by atoms with Crippen LogP contribution < -0.4 is 0 Å². The summed E-state index contributed by atoms with van der Waals surface area (Å²) in [5, 5.41) is 0. The average Bonchev–Trinajstić information content (AvgIpc) is 2.16. The van der Waals surface area contributed by atoms with Crippen molar-refractivity contribution in [2.75, 3.05) is 0 Å². The standard InChI is InChI=1S/C14H21N/c1-9(2)12-7-13(10(3)4)15-14(8-12)11(5)6/h7-9,11H,3H2,1-2,4-6H3. The molecule has 0 aliphatic carbocycles. The molecule has 0 unspecified atom stereocenters. The van der Waals surface area contributed by atoms with E-state index < -0.39 is 0 Å². The van der Waals surface area contributed by atoms with Crippen molar-refractivity contribution >= 4 is 5.57 Å². The second kappa shape index (κ2) is 4.61. The van der Waals surface area contributed by atoms with Crippen LogP contribution in [0, 0.1) is 0 Å². The summed E-state index contributed by atoms with van der Waals surface area (Å²) in [4.78, 5) is 4.62. The zero-order valence-corrected chi connectivity index (χ0v) is 10.5. The molecule has 1 heteroatoms. The molecule has 0 N–H and O–H groups in total. The molecule has 0 atom stereocenters. The molecule has 0 spiro atoms. The Labute approximate surface area is 93.2 Å². The van der Waals surface area contributed by atoms with Crippen LogP contribution in [0.5, 0.6) is 0 Å². The van der Waals surface area contributed by atoms with Gasteiger partial charge in [-0.1, -0.05) is 34.3 Å². The Hall–Kier alpha value is -1.11. The van der Waals surface area contributed by atoms with Gasteiger partial charge in [-0.2, -0.15) is 0 Å². The van der Waals surface area contributed by atoms with Gasteiger partial charge in [0.05, 0.1) is 5.69 Å². The third kappa shape index (κ3) is 2.92. The van der Waals surface area contributed by atoms with Gasteiger partial charge in [0.1, 0.15) is 0 Å². The topological polar surface area (TPSA) is 12.9 Å². The van der Waals surface area contributed by atoms with Crippen LogP contribution in [0.15, 0.2) is 18.7 Å². The molecule has 0 saturated carbocycles. The van der Waals surface area contributed by atoms with Crippen LogP contribution in [0.3, 0.4) is 0 Å². The molecular weight excluding hydrogens is 182 g/mol. The van der Waals surface area contributed by atoms with Crippen molar-refractivity contribution in [2.24, 2.45) is 0 Å². The Balaban J connectivity index is 3.26. The SMILES string of the molecule is C=C(C)c1cc(C(C)C)cc(C(C)C)n1. The van der Waals surface area contributed by atoms with Gasteiger partial charge in [-0.05, 0) is 42.0 Å². The molecule has 0 radical (unpaired) electrons. The maximum absolute atomic E-state index is 4.62. The summed E-state index contributed by atoms with van der Waals surface area (Å²) in [6.07, 6.45) is 0. The molecule has 1 aromatic rings. The summed E-state index contributed by atoms with van der Waals surface area (Å²) in [5.41, 5.74) is 4.59. The van der Waals surface area contributed by atoms with Crippen molar-refractivity contribution in [3.8, 4) is 0 Å². The number of pyridine rings is 1. The molecule has 82 valence electrons. The van der Waals surface area contributed by atoms with Crippen molar-refractivity contribution in [3.05, 3.63) is 35.7 Å². The van der Waals surface area contributed by atoms with Gasteiger partial charge in [-0.25, -0.2) is 0 Å². The molecule has 1 nitrogen and oxygen atoms in total. The first-order valence-electron chi connectivity index (χ1n) is 5.59. The van der Waals surface area contributed by atoms with Crippen LogP contribution in [0.1, 0.15) is 63.4 Å². The summed E-state index contributed by atoms with van der Waals surface area (Å²) in [7, 11) is 0. The Morgan fingerprint density at radius 2 is 1.73 bits per heavy atom. The minimum atomic E-state index is 0.474. The number of hydrogen-bond acceptors (Lipinski definition) is 1. The highest BCUT2D eigenvalue weighted by molar-refractivity contribution is 5.58. The maximum atomic E-state index is 4.62. The van der Waals surface area contributed by atoms with E-state index in [0.29, 0.717) is 11.8 Å². The summed E-state index contributed by atoms with van der Waals surface area (Å²) >= 11 is 0. The number of aromatic nitrogens is 1. The minimum Gasteiger partial charge on any atom is -0.253 e. The molecule has 0 aromatic carbocycles. The third-order valence-electron chi connectivity index (χ3n) is 2.56. The fraction of sp³-hybridized carbons (Fsp3) is 0.500. The van der Waals surface area contributed by atoms with Crippen LogP contribution in [0.25, 0.3) is 5.57 Å². The van der Waals surface area contributed by atoms with E-state index in [9.17, 15) is 0 Å². The van der Waals surface area contributed by atoms with Gasteiger partial charge in [-0.3, -0.25) is 4.98 Å². The Morgan fingerprint density at radius 1 is 1.13 bits per heavy atom. The molecule has 1 aromatic heterocycles. The van der Waals surface area contributed by atoms with Gasteiger partial charge in [0.15, 0.2) is 0 Å². The van der Waals surface area contributed by atoms with E-state index in [4.69, 9.17) is 0 Å². The van der Waals surface area contributed by atoms with Crippen LogP contribution in [-0.4, -0.2) is 4.98 Å². The van der Waals surface area contributed by atoms with Gasteiger partial charge in [0.25, 0.3) is 0 Å². The quantitative estimate of drug-likeness (QED) is 0.711. The lowest BCUT2D eigenvalue weighted by Gasteiger charge is -2.13. The largest absolute Gasteiger partial charge is 0.253 e. The maximum Gasteiger partial charge on any atom is 0.0659 e. The van der Waals surface area contributed by atoms with Crippen LogP contribution >= 0.6 is 0 Å². The van der Waals surface area contributed by atoms with Gasteiger partial charge in [0, 0.05) is 5.69 Å². The summed E-state index contributed by atoms with van der Waals surface area (Å²) < 4.78 is 0. The van der Waals surface area contributed by atoms with E-state index in [2.05, 4.69) is 51.4 Å². The number of rotatable bonds is 3. The summed E-state index contributed by atoms with van der Waals surface area (Å²) in [5.74, 6) is 1.02. The van der Waals surface area contributed by atoms with Crippen molar-refractivity contribution in [3.63, 3.8) is 0 Å². The smallest absolute Gasteiger partial charge is 0.0659 e. The van der Waals surface area contributed by atoms with E-state index in [1.807, 2.05) is 6.92 Å². The Bertz CT molecular complexity index is 335. The van der Waals surface area contributed by atoms with Gasteiger partial charge < -0.3 is 0 Å². The zero-order chi connectivity index (χ0) is 11.6. The number of allylic oxidation sites excluding steroid dienone is 1. The monoisotopic (exact) mass is 203 g/mol. The average molecular weight is 203 g/mol. The molecule has 0 aliphatic heterocycles. The normalized spacial score (nSPS) is 11.1.